The van der Waals surface area contributed by atoms with Gasteiger partial charge in [0.15, 0.2) is 0 Å². The van der Waals surface area contributed by atoms with Gasteiger partial charge < -0.3 is 9.64 Å². The first-order chi connectivity index (χ1) is 9.45. The van der Waals surface area contributed by atoms with Gasteiger partial charge >= 0.3 is 5.97 Å². The first kappa shape index (κ1) is 13.2. The molecular formula is C16H19NO3. The third-order valence-corrected chi connectivity index (χ3v) is 4.27. The fourth-order valence-electron chi connectivity index (χ4n) is 3.48. The molecule has 4 nitrogen and oxygen atoms in total. The molecule has 0 radical (unpaired) electrons. The van der Waals surface area contributed by atoms with Crippen LogP contribution in [0.3, 0.4) is 0 Å². The van der Waals surface area contributed by atoms with Gasteiger partial charge in [-0.3, -0.25) is 4.79 Å². The minimum absolute atomic E-state index is 0.0617. The van der Waals surface area contributed by atoms with E-state index < -0.39 is 5.54 Å². The highest BCUT2D eigenvalue weighted by Gasteiger charge is 2.59. The van der Waals surface area contributed by atoms with E-state index in [1.165, 1.54) is 0 Å². The molecule has 1 spiro atoms. The predicted octanol–water partition coefficient (Wildman–Crippen LogP) is 2.24. The molecule has 4 heteroatoms. The summed E-state index contributed by atoms with van der Waals surface area (Å²) in [4.78, 5) is 26.7. The number of likely N-dealkylation sites (tertiary alicyclic amines) is 1. The molecule has 2 fully saturated rings. The monoisotopic (exact) mass is 273 g/mol. The van der Waals surface area contributed by atoms with Crippen LogP contribution >= 0.6 is 0 Å². The van der Waals surface area contributed by atoms with E-state index in [0.717, 1.165) is 0 Å². The van der Waals surface area contributed by atoms with Crippen LogP contribution in [-0.2, 0) is 9.53 Å². The van der Waals surface area contributed by atoms with Crippen molar-refractivity contribution in [3.63, 3.8) is 0 Å². The third-order valence-electron chi connectivity index (χ3n) is 4.27. The highest BCUT2D eigenvalue weighted by atomic mass is 16.5. The van der Waals surface area contributed by atoms with Crippen molar-refractivity contribution in [2.45, 2.75) is 32.2 Å². The Labute approximate surface area is 118 Å². The van der Waals surface area contributed by atoms with Crippen LogP contribution in [0.5, 0.6) is 0 Å². The number of nitrogens with zero attached hydrogens (tertiary/aromatic N) is 1. The normalized spacial score (nSPS) is 27.9. The minimum atomic E-state index is -0.754. The summed E-state index contributed by atoms with van der Waals surface area (Å²) >= 11 is 0. The van der Waals surface area contributed by atoms with E-state index >= 15 is 0 Å². The Morgan fingerprint density at radius 3 is 2.55 bits per heavy atom. The van der Waals surface area contributed by atoms with Crippen molar-refractivity contribution >= 4 is 11.9 Å². The van der Waals surface area contributed by atoms with Crippen LogP contribution in [0, 0.1) is 5.41 Å². The Hall–Kier alpha value is -1.84. The number of carbonyl (C=O) groups excluding carboxylic acids is 2. The lowest BCUT2D eigenvalue weighted by Gasteiger charge is -2.31. The summed E-state index contributed by atoms with van der Waals surface area (Å²) in [6.07, 6.45) is 1.28. The van der Waals surface area contributed by atoms with E-state index in [-0.39, 0.29) is 17.3 Å². The maximum absolute atomic E-state index is 12.8. The van der Waals surface area contributed by atoms with Gasteiger partial charge in [-0.15, -0.1) is 0 Å². The van der Waals surface area contributed by atoms with Crippen LogP contribution in [0.15, 0.2) is 30.3 Å². The average molecular weight is 273 g/mol. The van der Waals surface area contributed by atoms with Crippen LogP contribution in [-0.4, -0.2) is 35.5 Å². The van der Waals surface area contributed by atoms with Gasteiger partial charge in [-0.05, 0) is 24.0 Å². The summed E-state index contributed by atoms with van der Waals surface area (Å²) in [5, 5.41) is 0. The predicted molar refractivity (Wildman–Crippen MR) is 74.2 cm³/mol. The van der Waals surface area contributed by atoms with Crippen molar-refractivity contribution in [3.05, 3.63) is 35.9 Å². The van der Waals surface area contributed by atoms with Crippen molar-refractivity contribution in [2.24, 2.45) is 5.41 Å². The lowest BCUT2D eigenvalue weighted by molar-refractivity contribution is -0.145. The van der Waals surface area contributed by atoms with E-state index in [1.807, 2.05) is 18.2 Å². The summed E-state index contributed by atoms with van der Waals surface area (Å²) in [5.41, 5.74) is -0.186. The number of hydrogen-bond donors (Lipinski definition) is 0. The first-order valence-corrected chi connectivity index (χ1v) is 6.99. The topological polar surface area (TPSA) is 46.6 Å². The molecule has 2 heterocycles. The zero-order valence-electron chi connectivity index (χ0n) is 11.9. The van der Waals surface area contributed by atoms with Crippen molar-refractivity contribution < 1.29 is 14.3 Å². The lowest BCUT2D eigenvalue weighted by Crippen LogP contribution is -2.50. The summed E-state index contributed by atoms with van der Waals surface area (Å²) in [7, 11) is 0. The molecule has 1 aromatic rings. The molecule has 2 aliphatic rings. The molecule has 106 valence electrons. The van der Waals surface area contributed by atoms with Crippen LogP contribution in [0.2, 0.25) is 0 Å². The number of carbonyl (C=O) groups is 2. The van der Waals surface area contributed by atoms with E-state index in [0.29, 0.717) is 31.6 Å². The third kappa shape index (κ3) is 1.90. The quantitative estimate of drug-likeness (QED) is 0.737. The molecule has 2 aliphatic heterocycles. The summed E-state index contributed by atoms with van der Waals surface area (Å²) < 4.78 is 5.17. The Morgan fingerprint density at radius 1 is 1.25 bits per heavy atom. The molecule has 0 unspecified atom stereocenters. The second kappa shape index (κ2) is 4.33. The van der Waals surface area contributed by atoms with Crippen molar-refractivity contribution in [1.29, 1.82) is 0 Å². The van der Waals surface area contributed by atoms with Gasteiger partial charge in [0.1, 0.15) is 5.54 Å². The van der Waals surface area contributed by atoms with Crippen LogP contribution in [0.1, 0.15) is 37.0 Å². The molecule has 1 atom stereocenters. The number of esters is 1. The minimum Gasteiger partial charge on any atom is -0.464 e. The molecule has 0 aromatic heterocycles. The fraction of sp³-hybridized carbons (Fsp3) is 0.500. The number of amides is 1. The van der Waals surface area contributed by atoms with Gasteiger partial charge in [-0.1, -0.05) is 32.0 Å². The Kier molecular flexibility index (Phi) is 2.85. The maximum atomic E-state index is 12.8. The molecule has 20 heavy (non-hydrogen) atoms. The van der Waals surface area contributed by atoms with Gasteiger partial charge in [0.05, 0.1) is 6.61 Å². The number of cyclic esters (lactones) is 1. The van der Waals surface area contributed by atoms with Crippen molar-refractivity contribution in [1.82, 2.24) is 4.90 Å². The number of rotatable bonds is 1. The van der Waals surface area contributed by atoms with Crippen LogP contribution in [0.25, 0.3) is 0 Å². The first-order valence-electron chi connectivity index (χ1n) is 6.99. The highest BCUT2D eigenvalue weighted by Crippen LogP contribution is 2.46. The second-order valence-corrected chi connectivity index (χ2v) is 6.52. The summed E-state index contributed by atoms with van der Waals surface area (Å²) in [5.74, 6) is -0.317. The second-order valence-electron chi connectivity index (χ2n) is 6.52. The lowest BCUT2D eigenvalue weighted by atomic mass is 9.83. The Morgan fingerprint density at radius 2 is 1.95 bits per heavy atom. The summed E-state index contributed by atoms with van der Waals surface area (Å²) in [6.45, 7) is 5.19. The molecule has 3 rings (SSSR count). The standard InChI is InChI=1S/C16H19NO3/c1-15(2)10-16(8-9-20-14(16)19)17(11-15)13(18)12-6-4-3-5-7-12/h3-7H,8-11H2,1-2H3/t16-/m1/s1. The SMILES string of the molecule is CC1(C)CN(C(=O)c2ccccc2)[C@]2(CCOC2=O)C1. The molecule has 0 bridgehead atoms. The Bertz CT molecular complexity index is 552. The molecule has 0 saturated carbocycles. The number of hydrogen-bond acceptors (Lipinski definition) is 3. The van der Waals surface area contributed by atoms with Gasteiger partial charge in [-0.25, -0.2) is 4.79 Å². The smallest absolute Gasteiger partial charge is 0.332 e. The Balaban J connectivity index is 1.98. The van der Waals surface area contributed by atoms with E-state index in [1.54, 1.807) is 17.0 Å². The summed E-state index contributed by atoms with van der Waals surface area (Å²) in [6, 6.07) is 9.15. The molecule has 0 aliphatic carbocycles. The molecule has 1 amide bonds. The van der Waals surface area contributed by atoms with Crippen molar-refractivity contribution in [3.8, 4) is 0 Å². The molecular weight excluding hydrogens is 254 g/mol. The van der Waals surface area contributed by atoms with Gasteiger partial charge in [0, 0.05) is 18.5 Å². The average Bonchev–Trinajstić information content (AvgIpc) is 2.91. The van der Waals surface area contributed by atoms with Gasteiger partial charge in [-0.2, -0.15) is 0 Å². The molecule has 0 N–H and O–H groups in total. The largest absolute Gasteiger partial charge is 0.464 e. The van der Waals surface area contributed by atoms with E-state index in [9.17, 15) is 9.59 Å². The highest BCUT2D eigenvalue weighted by molar-refractivity contribution is 5.99. The fourth-order valence-corrected chi connectivity index (χ4v) is 3.48. The van der Waals surface area contributed by atoms with Gasteiger partial charge in [0.25, 0.3) is 5.91 Å². The molecule has 2 saturated heterocycles. The van der Waals surface area contributed by atoms with E-state index in [2.05, 4.69) is 13.8 Å². The number of benzene rings is 1. The zero-order valence-corrected chi connectivity index (χ0v) is 11.9. The van der Waals surface area contributed by atoms with Gasteiger partial charge in [0.2, 0.25) is 0 Å². The molecule has 1 aromatic carbocycles. The van der Waals surface area contributed by atoms with E-state index in [4.69, 9.17) is 4.74 Å². The van der Waals surface area contributed by atoms with Crippen LogP contribution < -0.4 is 0 Å². The zero-order chi connectivity index (χ0) is 14.4. The van der Waals surface area contributed by atoms with Crippen LogP contribution in [0.4, 0.5) is 0 Å². The maximum Gasteiger partial charge on any atom is 0.332 e. The van der Waals surface area contributed by atoms with Crippen molar-refractivity contribution in [2.75, 3.05) is 13.2 Å². The number of ether oxygens (including phenoxy) is 1.